The molecule has 0 heterocycles. The summed E-state index contributed by atoms with van der Waals surface area (Å²) >= 11 is 0. The Morgan fingerprint density at radius 1 is 1.19 bits per heavy atom. The predicted molar refractivity (Wildman–Crippen MR) is 80.2 cm³/mol. The van der Waals surface area contributed by atoms with Crippen LogP contribution in [-0.4, -0.2) is 13.0 Å². The summed E-state index contributed by atoms with van der Waals surface area (Å²) in [6, 6.07) is 12.8. The van der Waals surface area contributed by atoms with Gasteiger partial charge in [0.1, 0.15) is 6.61 Å². The van der Waals surface area contributed by atoms with Gasteiger partial charge in [0, 0.05) is 11.1 Å². The highest BCUT2D eigenvalue weighted by atomic mass is 16.5. The topological polar surface area (TPSA) is 73.6 Å². The summed E-state index contributed by atoms with van der Waals surface area (Å²) in [4.78, 5) is 11.7. The zero-order valence-electron chi connectivity index (χ0n) is 12.1. The minimum atomic E-state index is -0.343. The standard InChI is InChI=1S/C16H18N2O3/c1-11-7-8-14(15(9-11)20-2)21-10-12-5-3-4-6-13(12)16(19)18-17/h3-9H,10,17H2,1-2H3,(H,18,19). The van der Waals surface area contributed by atoms with Gasteiger partial charge in [0.2, 0.25) is 0 Å². The Morgan fingerprint density at radius 2 is 1.95 bits per heavy atom. The summed E-state index contributed by atoms with van der Waals surface area (Å²) in [5.74, 6) is 6.13. The predicted octanol–water partition coefficient (Wildman–Crippen LogP) is 2.19. The van der Waals surface area contributed by atoms with Crippen molar-refractivity contribution in [1.82, 2.24) is 5.43 Å². The van der Waals surface area contributed by atoms with Gasteiger partial charge in [-0.05, 0) is 30.7 Å². The number of nitrogens with two attached hydrogens (primary N) is 1. The molecular weight excluding hydrogens is 268 g/mol. The first kappa shape index (κ1) is 14.9. The van der Waals surface area contributed by atoms with E-state index in [1.165, 1.54) is 0 Å². The number of nitrogen functional groups attached to an aromatic ring is 1. The first-order valence-electron chi connectivity index (χ1n) is 6.52. The van der Waals surface area contributed by atoms with Crippen LogP contribution in [0.15, 0.2) is 42.5 Å². The highest BCUT2D eigenvalue weighted by Crippen LogP contribution is 2.28. The second kappa shape index (κ2) is 6.76. The summed E-state index contributed by atoms with van der Waals surface area (Å²) in [5, 5.41) is 0. The normalized spacial score (nSPS) is 10.0. The van der Waals surface area contributed by atoms with Gasteiger partial charge >= 0.3 is 0 Å². The van der Waals surface area contributed by atoms with Crippen LogP contribution in [0.4, 0.5) is 0 Å². The van der Waals surface area contributed by atoms with Crippen LogP contribution in [0, 0.1) is 6.92 Å². The van der Waals surface area contributed by atoms with Gasteiger partial charge in [-0.15, -0.1) is 0 Å². The average molecular weight is 286 g/mol. The van der Waals surface area contributed by atoms with Crippen molar-refractivity contribution in [1.29, 1.82) is 0 Å². The van der Waals surface area contributed by atoms with E-state index in [0.29, 0.717) is 17.1 Å². The molecular formula is C16H18N2O3. The molecule has 2 aromatic rings. The van der Waals surface area contributed by atoms with Crippen molar-refractivity contribution in [3.05, 3.63) is 59.2 Å². The molecule has 0 radical (unpaired) electrons. The number of carbonyl (C=O) groups is 1. The average Bonchev–Trinajstić information content (AvgIpc) is 2.53. The van der Waals surface area contributed by atoms with E-state index in [1.807, 2.05) is 37.3 Å². The van der Waals surface area contributed by atoms with E-state index in [4.69, 9.17) is 15.3 Å². The first-order valence-corrected chi connectivity index (χ1v) is 6.52. The van der Waals surface area contributed by atoms with E-state index in [0.717, 1.165) is 11.1 Å². The van der Waals surface area contributed by atoms with Gasteiger partial charge in [-0.2, -0.15) is 0 Å². The summed E-state index contributed by atoms with van der Waals surface area (Å²) in [6.45, 7) is 2.23. The number of aryl methyl sites for hydroxylation is 1. The van der Waals surface area contributed by atoms with Crippen molar-refractivity contribution in [2.24, 2.45) is 5.84 Å². The maximum absolute atomic E-state index is 11.7. The molecule has 110 valence electrons. The van der Waals surface area contributed by atoms with Gasteiger partial charge in [0.15, 0.2) is 11.5 Å². The zero-order chi connectivity index (χ0) is 15.2. The van der Waals surface area contributed by atoms with Crippen molar-refractivity contribution < 1.29 is 14.3 Å². The third-order valence-electron chi connectivity index (χ3n) is 3.10. The van der Waals surface area contributed by atoms with Crippen LogP contribution in [0.1, 0.15) is 21.5 Å². The lowest BCUT2D eigenvalue weighted by molar-refractivity contribution is 0.0951. The maximum Gasteiger partial charge on any atom is 0.265 e. The van der Waals surface area contributed by atoms with E-state index in [9.17, 15) is 4.79 Å². The van der Waals surface area contributed by atoms with E-state index < -0.39 is 0 Å². The van der Waals surface area contributed by atoms with Crippen LogP contribution in [-0.2, 0) is 6.61 Å². The minimum Gasteiger partial charge on any atom is -0.493 e. The van der Waals surface area contributed by atoms with Gasteiger partial charge in [-0.3, -0.25) is 10.2 Å². The van der Waals surface area contributed by atoms with Crippen molar-refractivity contribution in [3.63, 3.8) is 0 Å². The largest absolute Gasteiger partial charge is 0.493 e. The Balaban J connectivity index is 2.19. The fraction of sp³-hybridized carbons (Fsp3) is 0.188. The summed E-state index contributed by atoms with van der Waals surface area (Å²) in [5.41, 5.74) is 4.46. The number of methoxy groups -OCH3 is 1. The number of hydrogen-bond donors (Lipinski definition) is 2. The maximum atomic E-state index is 11.7. The van der Waals surface area contributed by atoms with Gasteiger partial charge in [0.05, 0.1) is 7.11 Å². The van der Waals surface area contributed by atoms with Gasteiger partial charge < -0.3 is 9.47 Å². The highest BCUT2D eigenvalue weighted by molar-refractivity contribution is 5.95. The van der Waals surface area contributed by atoms with Crippen LogP contribution in [0.25, 0.3) is 0 Å². The fourth-order valence-electron chi connectivity index (χ4n) is 1.99. The second-order valence-electron chi connectivity index (χ2n) is 4.57. The number of rotatable bonds is 5. The molecule has 0 fully saturated rings. The molecule has 1 amide bonds. The first-order chi connectivity index (χ1) is 10.2. The summed E-state index contributed by atoms with van der Waals surface area (Å²) in [7, 11) is 1.59. The lowest BCUT2D eigenvalue weighted by Crippen LogP contribution is -2.30. The van der Waals surface area contributed by atoms with Gasteiger partial charge in [0.25, 0.3) is 5.91 Å². The third-order valence-corrected chi connectivity index (χ3v) is 3.10. The van der Waals surface area contributed by atoms with Crippen LogP contribution < -0.4 is 20.7 Å². The molecule has 5 nitrogen and oxygen atoms in total. The lowest BCUT2D eigenvalue weighted by atomic mass is 10.1. The molecule has 2 aromatic carbocycles. The molecule has 2 rings (SSSR count). The molecule has 0 unspecified atom stereocenters. The molecule has 0 aliphatic carbocycles. The van der Waals surface area contributed by atoms with Gasteiger partial charge in [-0.1, -0.05) is 24.3 Å². The van der Waals surface area contributed by atoms with Crippen LogP contribution in [0.2, 0.25) is 0 Å². The number of nitrogens with one attached hydrogen (secondary N) is 1. The number of amides is 1. The van der Waals surface area contributed by atoms with E-state index >= 15 is 0 Å². The van der Waals surface area contributed by atoms with E-state index in [1.54, 1.807) is 19.2 Å². The molecule has 0 aliphatic heterocycles. The Kier molecular flexibility index (Phi) is 4.79. The van der Waals surface area contributed by atoms with E-state index in [-0.39, 0.29) is 12.5 Å². The Hall–Kier alpha value is -2.53. The Labute approximate surface area is 123 Å². The van der Waals surface area contributed by atoms with E-state index in [2.05, 4.69) is 5.43 Å². The molecule has 0 atom stereocenters. The second-order valence-corrected chi connectivity index (χ2v) is 4.57. The fourth-order valence-corrected chi connectivity index (χ4v) is 1.99. The molecule has 5 heteroatoms. The van der Waals surface area contributed by atoms with Crippen LogP contribution in [0.5, 0.6) is 11.5 Å². The Morgan fingerprint density at radius 3 is 2.67 bits per heavy atom. The summed E-state index contributed by atoms with van der Waals surface area (Å²) < 4.78 is 11.0. The zero-order valence-corrected chi connectivity index (χ0v) is 12.1. The molecule has 21 heavy (non-hydrogen) atoms. The molecule has 0 spiro atoms. The Bertz CT molecular complexity index is 641. The number of ether oxygens (including phenoxy) is 2. The van der Waals surface area contributed by atoms with Crippen molar-refractivity contribution in [3.8, 4) is 11.5 Å². The molecule has 0 bridgehead atoms. The smallest absolute Gasteiger partial charge is 0.265 e. The molecule has 0 aromatic heterocycles. The van der Waals surface area contributed by atoms with Crippen molar-refractivity contribution in [2.45, 2.75) is 13.5 Å². The molecule has 0 saturated carbocycles. The van der Waals surface area contributed by atoms with Crippen LogP contribution in [0.3, 0.4) is 0 Å². The molecule has 3 N–H and O–H groups in total. The molecule has 0 saturated heterocycles. The summed E-state index contributed by atoms with van der Waals surface area (Å²) in [6.07, 6.45) is 0. The SMILES string of the molecule is COc1cc(C)ccc1OCc1ccccc1C(=O)NN. The minimum absolute atomic E-state index is 0.253. The molecule has 0 aliphatic rings. The van der Waals surface area contributed by atoms with Crippen molar-refractivity contribution in [2.75, 3.05) is 7.11 Å². The van der Waals surface area contributed by atoms with Gasteiger partial charge in [-0.25, -0.2) is 5.84 Å². The number of hydrazine groups is 1. The third kappa shape index (κ3) is 3.52. The quantitative estimate of drug-likeness (QED) is 0.502. The lowest BCUT2D eigenvalue weighted by Gasteiger charge is -2.13. The monoisotopic (exact) mass is 286 g/mol. The van der Waals surface area contributed by atoms with Crippen LogP contribution >= 0.6 is 0 Å². The highest BCUT2D eigenvalue weighted by Gasteiger charge is 2.11. The van der Waals surface area contributed by atoms with Crippen molar-refractivity contribution >= 4 is 5.91 Å². The number of benzene rings is 2. The number of hydrogen-bond acceptors (Lipinski definition) is 4. The number of carbonyl (C=O) groups excluding carboxylic acids is 1.